The number of amides is 1. The van der Waals surface area contributed by atoms with Crippen molar-refractivity contribution in [3.63, 3.8) is 0 Å². The molecule has 1 aliphatic rings. The van der Waals surface area contributed by atoms with Gasteiger partial charge in [-0.25, -0.2) is 4.98 Å². The summed E-state index contributed by atoms with van der Waals surface area (Å²) in [6, 6.07) is -0.200. The number of oxazole rings is 1. The molecule has 5 heteroatoms. The van der Waals surface area contributed by atoms with Crippen molar-refractivity contribution in [3.8, 4) is 0 Å². The Labute approximate surface area is 93.4 Å². The highest BCUT2D eigenvalue weighted by Crippen LogP contribution is 2.23. The lowest BCUT2D eigenvalue weighted by molar-refractivity contribution is -0.141. The van der Waals surface area contributed by atoms with Gasteiger partial charge in [0.15, 0.2) is 0 Å². The monoisotopic (exact) mass is 222 g/mol. The molecular formula is C11H14N2O3. The minimum Gasteiger partial charge on any atom is -0.444 e. The lowest BCUT2D eigenvalue weighted by atomic mass is 10.1. The lowest BCUT2D eigenvalue weighted by Gasteiger charge is -2.30. The Morgan fingerprint density at radius 3 is 2.81 bits per heavy atom. The van der Waals surface area contributed by atoms with Crippen LogP contribution < -0.4 is 0 Å². The fraction of sp³-hybridized carbons (Fsp3) is 0.545. The third-order valence-corrected chi connectivity index (χ3v) is 2.76. The van der Waals surface area contributed by atoms with Crippen LogP contribution in [0.4, 0.5) is 0 Å². The van der Waals surface area contributed by atoms with E-state index in [1.54, 1.807) is 11.1 Å². The molecule has 0 N–H and O–H groups in total. The van der Waals surface area contributed by atoms with E-state index in [0.717, 1.165) is 5.76 Å². The zero-order valence-electron chi connectivity index (χ0n) is 9.40. The Morgan fingerprint density at radius 2 is 2.25 bits per heavy atom. The summed E-state index contributed by atoms with van der Waals surface area (Å²) in [5, 5.41) is 0. The van der Waals surface area contributed by atoms with Gasteiger partial charge in [-0.05, 0) is 13.8 Å². The molecule has 1 fully saturated rings. The van der Waals surface area contributed by atoms with Crippen molar-refractivity contribution in [2.24, 2.45) is 0 Å². The van der Waals surface area contributed by atoms with Crippen LogP contribution in [-0.4, -0.2) is 28.1 Å². The van der Waals surface area contributed by atoms with E-state index in [4.69, 9.17) is 4.42 Å². The van der Waals surface area contributed by atoms with E-state index in [2.05, 4.69) is 4.98 Å². The Hall–Kier alpha value is -1.65. The molecular weight excluding hydrogens is 208 g/mol. The van der Waals surface area contributed by atoms with Crippen LogP contribution in [0.3, 0.4) is 0 Å². The van der Waals surface area contributed by atoms with Crippen LogP contribution in [0, 0.1) is 6.92 Å². The van der Waals surface area contributed by atoms with Gasteiger partial charge in [-0.3, -0.25) is 9.59 Å². The molecule has 86 valence electrons. The predicted octanol–water partition coefficient (Wildman–Crippen LogP) is 1.24. The molecule has 16 heavy (non-hydrogen) atoms. The largest absolute Gasteiger partial charge is 0.444 e. The number of hydrogen-bond donors (Lipinski definition) is 0. The van der Waals surface area contributed by atoms with E-state index in [1.807, 2.05) is 13.8 Å². The molecule has 0 aliphatic carbocycles. The van der Waals surface area contributed by atoms with E-state index in [9.17, 15) is 9.59 Å². The summed E-state index contributed by atoms with van der Waals surface area (Å²) in [6.45, 7) is 4.13. The summed E-state index contributed by atoms with van der Waals surface area (Å²) in [4.78, 5) is 28.5. The Morgan fingerprint density at radius 1 is 1.50 bits per heavy atom. The maximum atomic E-state index is 11.7. The minimum atomic E-state index is -0.200. The molecule has 1 saturated heterocycles. The molecule has 5 nitrogen and oxygen atoms in total. The number of nitrogens with zero attached hydrogens (tertiary/aromatic N) is 2. The van der Waals surface area contributed by atoms with Gasteiger partial charge in [0.1, 0.15) is 17.6 Å². The van der Waals surface area contributed by atoms with Gasteiger partial charge in [0.05, 0.1) is 12.6 Å². The van der Waals surface area contributed by atoms with Crippen LogP contribution in [0.2, 0.25) is 0 Å². The van der Waals surface area contributed by atoms with Gasteiger partial charge in [-0.1, -0.05) is 0 Å². The van der Waals surface area contributed by atoms with Crippen molar-refractivity contribution in [2.45, 2.75) is 32.7 Å². The van der Waals surface area contributed by atoms with Crippen molar-refractivity contribution in [2.75, 3.05) is 6.54 Å². The average molecular weight is 222 g/mol. The third kappa shape index (κ3) is 1.98. The van der Waals surface area contributed by atoms with Crippen molar-refractivity contribution in [1.82, 2.24) is 9.88 Å². The van der Waals surface area contributed by atoms with Gasteiger partial charge in [-0.15, -0.1) is 0 Å². The predicted molar refractivity (Wildman–Crippen MR) is 55.6 cm³/mol. The molecule has 1 aromatic rings. The maximum Gasteiger partial charge on any atom is 0.230 e. The molecule has 1 unspecified atom stereocenters. The highest BCUT2D eigenvalue weighted by atomic mass is 16.4. The second kappa shape index (κ2) is 4.08. The molecule has 2 rings (SSSR count). The number of carbonyl (C=O) groups is 2. The summed E-state index contributed by atoms with van der Waals surface area (Å²) in [7, 11) is 0. The van der Waals surface area contributed by atoms with Gasteiger partial charge in [-0.2, -0.15) is 0 Å². The van der Waals surface area contributed by atoms with E-state index in [-0.39, 0.29) is 24.2 Å². The lowest BCUT2D eigenvalue weighted by Crippen LogP contribution is -2.40. The fourth-order valence-corrected chi connectivity index (χ4v) is 1.84. The molecule has 1 aromatic heterocycles. The number of carbonyl (C=O) groups excluding carboxylic acids is 2. The summed E-state index contributed by atoms with van der Waals surface area (Å²) in [5.41, 5.74) is 0. The quantitative estimate of drug-likeness (QED) is 0.706. The molecule has 1 aliphatic heterocycles. The number of likely N-dealkylation sites (tertiary alicyclic amines) is 1. The van der Waals surface area contributed by atoms with Crippen molar-refractivity contribution in [1.29, 1.82) is 0 Å². The molecule has 2 heterocycles. The van der Waals surface area contributed by atoms with Crippen LogP contribution >= 0.6 is 0 Å². The van der Waals surface area contributed by atoms with Crippen LogP contribution in [0.25, 0.3) is 0 Å². The molecule has 0 saturated carbocycles. The number of rotatable bonds is 2. The SMILES string of the molecule is Cc1cnc(C(C)N2CCC(=O)CC2=O)o1. The first-order chi connectivity index (χ1) is 7.58. The summed E-state index contributed by atoms with van der Waals surface area (Å²) in [6.07, 6.45) is 2.06. The molecule has 0 bridgehead atoms. The van der Waals surface area contributed by atoms with E-state index < -0.39 is 0 Å². The second-order valence-electron chi connectivity index (χ2n) is 4.04. The van der Waals surface area contributed by atoms with Crippen LogP contribution in [0.5, 0.6) is 0 Å². The number of piperidine rings is 1. The normalized spacial score (nSPS) is 19.0. The van der Waals surface area contributed by atoms with Crippen LogP contribution in [-0.2, 0) is 9.59 Å². The summed E-state index contributed by atoms with van der Waals surface area (Å²) < 4.78 is 5.38. The Balaban J connectivity index is 2.13. The Bertz CT molecular complexity index is 425. The third-order valence-electron chi connectivity index (χ3n) is 2.76. The van der Waals surface area contributed by atoms with Gasteiger partial charge in [0.2, 0.25) is 11.8 Å². The molecule has 0 aromatic carbocycles. The average Bonchev–Trinajstić information content (AvgIpc) is 2.64. The Kier molecular flexibility index (Phi) is 2.77. The number of aryl methyl sites for hydroxylation is 1. The summed E-state index contributed by atoms with van der Waals surface area (Å²) in [5.74, 6) is 1.12. The molecule has 0 spiro atoms. The van der Waals surface area contributed by atoms with Gasteiger partial charge in [0.25, 0.3) is 0 Å². The molecule has 0 radical (unpaired) electrons. The van der Waals surface area contributed by atoms with Gasteiger partial charge >= 0.3 is 0 Å². The first-order valence-electron chi connectivity index (χ1n) is 5.31. The van der Waals surface area contributed by atoms with Gasteiger partial charge < -0.3 is 9.32 Å². The van der Waals surface area contributed by atoms with Crippen molar-refractivity contribution < 1.29 is 14.0 Å². The number of aromatic nitrogens is 1. The standard InChI is InChI=1S/C11H14N2O3/c1-7-6-12-11(16-7)8(2)13-4-3-9(14)5-10(13)15/h6,8H,3-5H2,1-2H3. The van der Waals surface area contributed by atoms with Crippen LogP contribution in [0.15, 0.2) is 10.6 Å². The summed E-state index contributed by atoms with van der Waals surface area (Å²) >= 11 is 0. The van der Waals surface area contributed by atoms with E-state index >= 15 is 0 Å². The topological polar surface area (TPSA) is 63.4 Å². The van der Waals surface area contributed by atoms with Gasteiger partial charge in [0, 0.05) is 13.0 Å². The maximum absolute atomic E-state index is 11.7. The first-order valence-corrected chi connectivity index (χ1v) is 5.31. The van der Waals surface area contributed by atoms with Crippen LogP contribution in [0.1, 0.15) is 37.5 Å². The smallest absolute Gasteiger partial charge is 0.230 e. The van der Waals surface area contributed by atoms with Crippen molar-refractivity contribution >= 4 is 11.7 Å². The first kappa shape index (κ1) is 10.9. The second-order valence-corrected chi connectivity index (χ2v) is 4.04. The zero-order valence-corrected chi connectivity index (χ0v) is 9.40. The zero-order chi connectivity index (χ0) is 11.7. The van der Waals surface area contributed by atoms with Crippen molar-refractivity contribution in [3.05, 3.63) is 17.8 Å². The number of hydrogen-bond acceptors (Lipinski definition) is 4. The highest BCUT2D eigenvalue weighted by molar-refractivity contribution is 6.00. The van der Waals surface area contributed by atoms with E-state index in [1.165, 1.54) is 0 Å². The fourth-order valence-electron chi connectivity index (χ4n) is 1.84. The number of ketones is 1. The molecule has 1 amide bonds. The van der Waals surface area contributed by atoms with E-state index in [0.29, 0.717) is 18.9 Å². The highest BCUT2D eigenvalue weighted by Gasteiger charge is 2.30. The molecule has 1 atom stereocenters. The minimum absolute atomic E-state index is 0.00400. The number of Topliss-reactive ketones (excluding diaryl/α,β-unsaturated/α-hetero) is 1.